The molecule has 1 heterocycles. The molecule has 1 rings (SSSR count). The highest BCUT2D eigenvalue weighted by molar-refractivity contribution is 6.05. The maximum Gasteiger partial charge on any atom is 0.245 e. The topological polar surface area (TPSA) is 84.2 Å². The molecule has 1 saturated heterocycles. The van der Waals surface area contributed by atoms with Crippen LogP contribution in [-0.4, -0.2) is 17.9 Å². The van der Waals surface area contributed by atoms with Crippen molar-refractivity contribution in [1.29, 1.82) is 0 Å². The van der Waals surface area contributed by atoms with Crippen LogP contribution in [-0.2, 0) is 9.59 Å². The molecular weight excluding hydrogens is 122 g/mol. The van der Waals surface area contributed by atoms with Crippen molar-refractivity contribution in [1.82, 2.24) is 10.7 Å². The van der Waals surface area contributed by atoms with E-state index in [1.54, 1.807) is 0 Å². The van der Waals surface area contributed by atoms with E-state index in [1.165, 1.54) is 0 Å². The Labute approximate surface area is 51.6 Å². The lowest BCUT2D eigenvalue weighted by Gasteiger charge is -1.99. The van der Waals surface area contributed by atoms with Gasteiger partial charge in [-0.2, -0.15) is 0 Å². The maximum absolute atomic E-state index is 10.5. The van der Waals surface area contributed by atoms with Crippen LogP contribution in [0.5, 0.6) is 0 Å². The number of rotatable bonds is 1. The maximum atomic E-state index is 10.5. The Balaban J connectivity index is 2.58. The second kappa shape index (κ2) is 2.12. The average molecular weight is 129 g/mol. The molecule has 0 aromatic carbocycles. The highest BCUT2D eigenvalue weighted by atomic mass is 16.2. The molecule has 0 bridgehead atoms. The number of carbonyl (C=O) groups is 2. The predicted molar refractivity (Wildman–Crippen MR) is 28.9 cm³/mol. The van der Waals surface area contributed by atoms with Crippen LogP contribution in [0.3, 0.4) is 0 Å². The van der Waals surface area contributed by atoms with Gasteiger partial charge in [0.2, 0.25) is 11.8 Å². The van der Waals surface area contributed by atoms with Crippen LogP contribution in [0.4, 0.5) is 0 Å². The van der Waals surface area contributed by atoms with Crippen molar-refractivity contribution >= 4 is 11.8 Å². The SMILES string of the molecule is NNC1CC(=O)NC1=O. The zero-order valence-corrected chi connectivity index (χ0v) is 4.68. The van der Waals surface area contributed by atoms with Gasteiger partial charge in [0.15, 0.2) is 0 Å². The van der Waals surface area contributed by atoms with E-state index in [9.17, 15) is 9.59 Å². The Kier molecular flexibility index (Phi) is 1.46. The molecule has 0 saturated carbocycles. The Morgan fingerprint density at radius 2 is 2.33 bits per heavy atom. The first-order chi connectivity index (χ1) is 4.24. The minimum absolute atomic E-state index is 0.148. The molecule has 1 aliphatic rings. The molecule has 1 aliphatic heterocycles. The largest absolute Gasteiger partial charge is 0.295 e. The van der Waals surface area contributed by atoms with Gasteiger partial charge in [-0.3, -0.25) is 20.7 Å². The lowest BCUT2D eigenvalue weighted by molar-refractivity contribution is -0.125. The summed E-state index contributed by atoms with van der Waals surface area (Å²) in [6, 6.07) is -0.530. The summed E-state index contributed by atoms with van der Waals surface area (Å²) in [5.41, 5.74) is 2.21. The van der Waals surface area contributed by atoms with E-state index in [0.717, 1.165) is 0 Å². The molecule has 0 radical (unpaired) electrons. The second-order valence-electron chi connectivity index (χ2n) is 1.84. The number of hydrogen-bond acceptors (Lipinski definition) is 4. The molecule has 50 valence electrons. The number of hydrazine groups is 1. The summed E-state index contributed by atoms with van der Waals surface area (Å²) in [4.78, 5) is 20.9. The Morgan fingerprint density at radius 3 is 2.56 bits per heavy atom. The molecule has 9 heavy (non-hydrogen) atoms. The van der Waals surface area contributed by atoms with Crippen LogP contribution in [0.25, 0.3) is 0 Å². The van der Waals surface area contributed by atoms with Crippen LogP contribution in [0, 0.1) is 0 Å². The van der Waals surface area contributed by atoms with E-state index in [0.29, 0.717) is 0 Å². The number of imide groups is 1. The van der Waals surface area contributed by atoms with E-state index in [2.05, 4.69) is 10.7 Å². The minimum Gasteiger partial charge on any atom is -0.295 e. The first kappa shape index (κ1) is 6.18. The van der Waals surface area contributed by atoms with Gasteiger partial charge in [0.25, 0.3) is 0 Å². The monoisotopic (exact) mass is 129 g/mol. The number of hydrogen-bond donors (Lipinski definition) is 3. The average Bonchev–Trinajstić information content (AvgIpc) is 2.10. The Hall–Kier alpha value is -0.940. The van der Waals surface area contributed by atoms with Gasteiger partial charge in [-0.25, -0.2) is 5.43 Å². The molecule has 1 unspecified atom stereocenters. The van der Waals surface area contributed by atoms with Crippen molar-refractivity contribution in [2.75, 3.05) is 0 Å². The predicted octanol–water partition coefficient (Wildman–Crippen LogP) is -2.14. The van der Waals surface area contributed by atoms with Crippen molar-refractivity contribution in [2.24, 2.45) is 5.84 Å². The van der Waals surface area contributed by atoms with Gasteiger partial charge in [0.05, 0.1) is 6.42 Å². The van der Waals surface area contributed by atoms with Crippen LogP contribution in [0.1, 0.15) is 6.42 Å². The van der Waals surface area contributed by atoms with E-state index in [-0.39, 0.29) is 18.2 Å². The third kappa shape index (κ3) is 1.06. The molecule has 0 aromatic heterocycles. The van der Waals surface area contributed by atoms with E-state index < -0.39 is 6.04 Å². The minimum atomic E-state index is -0.530. The first-order valence-corrected chi connectivity index (χ1v) is 2.54. The summed E-state index contributed by atoms with van der Waals surface area (Å²) in [7, 11) is 0. The summed E-state index contributed by atoms with van der Waals surface area (Å²) in [5, 5.41) is 2.10. The smallest absolute Gasteiger partial charge is 0.245 e. The van der Waals surface area contributed by atoms with Gasteiger partial charge < -0.3 is 0 Å². The molecule has 1 fully saturated rings. The second-order valence-corrected chi connectivity index (χ2v) is 1.84. The first-order valence-electron chi connectivity index (χ1n) is 2.54. The fraction of sp³-hybridized carbons (Fsp3) is 0.500. The molecule has 1 atom stereocenters. The van der Waals surface area contributed by atoms with Crippen LogP contribution >= 0.6 is 0 Å². The van der Waals surface area contributed by atoms with Crippen LogP contribution in [0.2, 0.25) is 0 Å². The molecule has 0 aromatic rings. The summed E-state index contributed by atoms with van der Waals surface area (Å²) in [5.74, 6) is 4.30. The van der Waals surface area contributed by atoms with Crippen LogP contribution in [0.15, 0.2) is 0 Å². The zero-order valence-electron chi connectivity index (χ0n) is 4.68. The number of amides is 2. The van der Waals surface area contributed by atoms with Crippen molar-refractivity contribution in [3.63, 3.8) is 0 Å². The van der Waals surface area contributed by atoms with Crippen molar-refractivity contribution in [3.8, 4) is 0 Å². The highest BCUT2D eigenvalue weighted by Crippen LogP contribution is 1.98. The van der Waals surface area contributed by atoms with Gasteiger partial charge in [-0.05, 0) is 0 Å². The summed E-state index contributed by atoms with van der Waals surface area (Å²) in [6.45, 7) is 0. The molecule has 0 aliphatic carbocycles. The fourth-order valence-corrected chi connectivity index (χ4v) is 0.688. The highest BCUT2D eigenvalue weighted by Gasteiger charge is 2.28. The van der Waals surface area contributed by atoms with Gasteiger partial charge in [-0.1, -0.05) is 0 Å². The van der Waals surface area contributed by atoms with E-state index in [1.807, 2.05) is 0 Å². The van der Waals surface area contributed by atoms with Gasteiger partial charge in [0.1, 0.15) is 6.04 Å². The van der Waals surface area contributed by atoms with E-state index >= 15 is 0 Å². The Bertz CT molecular complexity index is 156. The van der Waals surface area contributed by atoms with Crippen LogP contribution < -0.4 is 16.6 Å². The third-order valence-corrected chi connectivity index (χ3v) is 1.17. The van der Waals surface area contributed by atoms with Gasteiger partial charge >= 0.3 is 0 Å². The van der Waals surface area contributed by atoms with Gasteiger partial charge in [0, 0.05) is 0 Å². The molecule has 5 nitrogen and oxygen atoms in total. The zero-order chi connectivity index (χ0) is 6.85. The lowest BCUT2D eigenvalue weighted by Crippen LogP contribution is -2.40. The van der Waals surface area contributed by atoms with Crippen molar-refractivity contribution < 1.29 is 9.59 Å². The van der Waals surface area contributed by atoms with Gasteiger partial charge in [-0.15, -0.1) is 0 Å². The molecule has 0 spiro atoms. The van der Waals surface area contributed by atoms with Crippen molar-refractivity contribution in [2.45, 2.75) is 12.5 Å². The standard InChI is InChI=1S/C4H7N3O2/c5-7-2-1-3(8)6-4(2)9/h2,7H,1,5H2,(H,6,8,9). The molecule has 4 N–H and O–H groups in total. The fourth-order valence-electron chi connectivity index (χ4n) is 0.688. The summed E-state index contributed by atoms with van der Waals surface area (Å²) in [6.07, 6.45) is 0.148. The number of nitrogens with two attached hydrogens (primary N) is 1. The Morgan fingerprint density at radius 1 is 1.67 bits per heavy atom. The number of nitrogens with one attached hydrogen (secondary N) is 2. The summed E-state index contributed by atoms with van der Waals surface area (Å²) >= 11 is 0. The van der Waals surface area contributed by atoms with E-state index in [4.69, 9.17) is 5.84 Å². The summed E-state index contributed by atoms with van der Waals surface area (Å²) < 4.78 is 0. The molecule has 2 amide bonds. The normalized spacial score (nSPS) is 26.6. The number of carbonyl (C=O) groups excluding carboxylic acids is 2. The lowest BCUT2D eigenvalue weighted by atomic mass is 10.3. The van der Waals surface area contributed by atoms with Crippen molar-refractivity contribution in [3.05, 3.63) is 0 Å². The quantitative estimate of drug-likeness (QED) is 0.214. The molecule has 5 heteroatoms. The third-order valence-electron chi connectivity index (χ3n) is 1.17. The molecular formula is C4H7N3O2.